The van der Waals surface area contributed by atoms with Gasteiger partial charge in [-0.05, 0) is 54.6 Å². The molecule has 5 aromatic rings. The molecule has 0 aliphatic heterocycles. The zero-order chi connectivity index (χ0) is 22.1. The normalized spacial score (nSPS) is 11.0. The molecule has 0 fully saturated rings. The van der Waals surface area contributed by atoms with Gasteiger partial charge in [-0.2, -0.15) is 0 Å². The molecule has 2 aromatic heterocycles. The van der Waals surface area contributed by atoms with Crippen LogP contribution in [0.5, 0.6) is 11.5 Å². The Morgan fingerprint density at radius 3 is 2.56 bits per heavy atom. The van der Waals surface area contributed by atoms with Crippen LogP contribution >= 0.6 is 0 Å². The van der Waals surface area contributed by atoms with Crippen molar-refractivity contribution in [3.63, 3.8) is 0 Å². The quantitative estimate of drug-likeness (QED) is 0.346. The summed E-state index contributed by atoms with van der Waals surface area (Å²) in [6.07, 6.45) is 1.73. The number of benzene rings is 3. The van der Waals surface area contributed by atoms with E-state index in [0.717, 1.165) is 21.8 Å². The highest BCUT2D eigenvalue weighted by Gasteiger charge is 2.11. The summed E-state index contributed by atoms with van der Waals surface area (Å²) in [5.41, 5.74) is 2.83. The number of nitrogens with zero attached hydrogens (tertiary/aromatic N) is 1. The fraction of sp³-hybridized carbons (Fsp3) is 0.0400. The third-order valence-electron chi connectivity index (χ3n) is 5.19. The van der Waals surface area contributed by atoms with E-state index in [1.165, 1.54) is 0 Å². The molecule has 0 saturated carbocycles. The summed E-state index contributed by atoms with van der Waals surface area (Å²) in [5.74, 6) is 0.104. The van der Waals surface area contributed by atoms with Crippen LogP contribution in [0.15, 0.2) is 85.1 Å². The van der Waals surface area contributed by atoms with Gasteiger partial charge in [0.1, 0.15) is 23.7 Å². The lowest BCUT2D eigenvalue weighted by atomic mass is 10.2. The average Bonchev–Trinajstić information content (AvgIpc) is 3.40. The van der Waals surface area contributed by atoms with Crippen LogP contribution < -0.4 is 10.1 Å². The smallest absolute Gasteiger partial charge is 0.323 e. The van der Waals surface area contributed by atoms with Crippen molar-refractivity contribution in [1.82, 2.24) is 9.55 Å². The number of aromatic amines is 1. The SMILES string of the molecule is O=C(O)Cn1ccc2c(Oc3ccc(NC(=O)c4cc5ccccc5[nH]4)cc3)cccc21. The molecule has 0 saturated heterocycles. The van der Waals surface area contributed by atoms with Gasteiger partial charge in [-0.1, -0.05) is 24.3 Å². The number of anilines is 1. The Bertz CT molecular complexity index is 1410. The Hall–Kier alpha value is -4.52. The molecule has 0 bridgehead atoms. The number of carboxylic acid groups (broad SMARTS) is 1. The molecule has 1 amide bonds. The average molecular weight is 425 g/mol. The van der Waals surface area contributed by atoms with E-state index in [4.69, 9.17) is 9.84 Å². The molecular formula is C25H19N3O4. The van der Waals surface area contributed by atoms with Gasteiger partial charge in [0.2, 0.25) is 0 Å². The predicted molar refractivity (Wildman–Crippen MR) is 122 cm³/mol. The first-order valence-corrected chi connectivity index (χ1v) is 10.0. The Balaban J connectivity index is 1.31. The number of nitrogens with one attached hydrogen (secondary N) is 2. The van der Waals surface area contributed by atoms with Crippen molar-refractivity contribution in [2.24, 2.45) is 0 Å². The van der Waals surface area contributed by atoms with E-state index in [1.807, 2.05) is 54.6 Å². The number of hydrogen-bond acceptors (Lipinski definition) is 3. The molecule has 32 heavy (non-hydrogen) atoms. The third kappa shape index (κ3) is 3.79. The van der Waals surface area contributed by atoms with Crippen molar-refractivity contribution in [2.45, 2.75) is 6.54 Å². The second-order valence-corrected chi connectivity index (χ2v) is 7.38. The summed E-state index contributed by atoms with van der Waals surface area (Å²) in [6.45, 7) is -0.113. The fourth-order valence-electron chi connectivity index (χ4n) is 3.70. The highest BCUT2D eigenvalue weighted by Crippen LogP contribution is 2.31. The number of carboxylic acids is 1. The molecule has 7 heteroatoms. The van der Waals surface area contributed by atoms with Crippen LogP contribution in [0.25, 0.3) is 21.8 Å². The first kappa shape index (κ1) is 19.4. The van der Waals surface area contributed by atoms with Crippen molar-refractivity contribution in [2.75, 3.05) is 5.32 Å². The molecule has 0 radical (unpaired) electrons. The standard InChI is InChI=1S/C25H19N3O4/c29-24(30)15-28-13-12-19-22(28)6-3-7-23(19)32-18-10-8-17(9-11-18)26-25(31)21-14-16-4-1-2-5-20(16)27-21/h1-14,27H,15H2,(H,26,31)(H,29,30). The zero-order valence-corrected chi connectivity index (χ0v) is 16.9. The largest absolute Gasteiger partial charge is 0.480 e. The number of fused-ring (bicyclic) bond motifs is 2. The minimum absolute atomic E-state index is 0.113. The topological polar surface area (TPSA) is 96.3 Å². The van der Waals surface area contributed by atoms with E-state index in [-0.39, 0.29) is 12.5 Å². The molecule has 0 unspecified atom stereocenters. The van der Waals surface area contributed by atoms with Gasteiger partial charge in [0.15, 0.2) is 0 Å². The van der Waals surface area contributed by atoms with Gasteiger partial charge in [-0.3, -0.25) is 9.59 Å². The van der Waals surface area contributed by atoms with Gasteiger partial charge in [0.05, 0.1) is 5.52 Å². The van der Waals surface area contributed by atoms with Gasteiger partial charge in [0.25, 0.3) is 5.91 Å². The van der Waals surface area contributed by atoms with E-state index in [2.05, 4.69) is 10.3 Å². The van der Waals surface area contributed by atoms with Crippen LogP contribution in [0, 0.1) is 0 Å². The lowest BCUT2D eigenvalue weighted by molar-refractivity contribution is -0.137. The second kappa shape index (κ2) is 7.96. The Kier molecular flexibility index (Phi) is 4.84. The summed E-state index contributed by atoms with van der Waals surface area (Å²) < 4.78 is 7.67. The summed E-state index contributed by atoms with van der Waals surface area (Å²) >= 11 is 0. The van der Waals surface area contributed by atoms with Gasteiger partial charge in [-0.25, -0.2) is 0 Å². The number of aromatic nitrogens is 2. The molecular weight excluding hydrogens is 406 g/mol. The van der Waals surface area contributed by atoms with Gasteiger partial charge < -0.3 is 24.7 Å². The van der Waals surface area contributed by atoms with Gasteiger partial charge in [0, 0.05) is 28.2 Å². The number of carbonyl (C=O) groups excluding carboxylic acids is 1. The molecule has 158 valence electrons. The molecule has 0 aliphatic carbocycles. The molecule has 0 aliphatic rings. The van der Waals surface area contributed by atoms with Crippen LogP contribution in [0.1, 0.15) is 10.5 Å². The van der Waals surface area contributed by atoms with E-state index >= 15 is 0 Å². The molecule has 2 heterocycles. The van der Waals surface area contributed by atoms with Crippen molar-refractivity contribution in [3.8, 4) is 11.5 Å². The number of ether oxygens (including phenoxy) is 1. The molecule has 7 nitrogen and oxygen atoms in total. The van der Waals surface area contributed by atoms with E-state index in [0.29, 0.717) is 22.9 Å². The number of hydrogen-bond donors (Lipinski definition) is 3. The molecule has 3 N–H and O–H groups in total. The van der Waals surface area contributed by atoms with Crippen LogP contribution in [-0.2, 0) is 11.3 Å². The van der Waals surface area contributed by atoms with Crippen LogP contribution in [0.3, 0.4) is 0 Å². The van der Waals surface area contributed by atoms with Crippen LogP contribution in [0.4, 0.5) is 5.69 Å². The summed E-state index contributed by atoms with van der Waals surface area (Å²) in [4.78, 5) is 26.7. The Morgan fingerprint density at radius 2 is 1.78 bits per heavy atom. The second-order valence-electron chi connectivity index (χ2n) is 7.38. The molecule has 0 atom stereocenters. The highest BCUT2D eigenvalue weighted by atomic mass is 16.5. The van der Waals surface area contributed by atoms with Crippen molar-refractivity contribution in [1.29, 1.82) is 0 Å². The van der Waals surface area contributed by atoms with E-state index < -0.39 is 5.97 Å². The lowest BCUT2D eigenvalue weighted by Crippen LogP contribution is -2.12. The molecule has 0 spiro atoms. The molecule has 3 aromatic carbocycles. The van der Waals surface area contributed by atoms with Gasteiger partial charge >= 0.3 is 5.97 Å². The minimum atomic E-state index is -0.904. The predicted octanol–water partition coefficient (Wildman–Crippen LogP) is 5.25. The maximum absolute atomic E-state index is 12.6. The first-order valence-electron chi connectivity index (χ1n) is 10.0. The Morgan fingerprint density at radius 1 is 0.969 bits per heavy atom. The number of aliphatic carboxylic acids is 1. The summed E-state index contributed by atoms with van der Waals surface area (Å²) in [6, 6.07) is 24.0. The van der Waals surface area contributed by atoms with Gasteiger partial charge in [-0.15, -0.1) is 0 Å². The Labute approximate surface area is 182 Å². The maximum Gasteiger partial charge on any atom is 0.323 e. The van der Waals surface area contributed by atoms with Crippen molar-refractivity contribution >= 4 is 39.4 Å². The number of para-hydroxylation sites is 1. The van der Waals surface area contributed by atoms with Crippen LogP contribution in [-0.4, -0.2) is 26.5 Å². The van der Waals surface area contributed by atoms with Crippen LogP contribution in [0.2, 0.25) is 0 Å². The number of carbonyl (C=O) groups is 2. The van der Waals surface area contributed by atoms with E-state index in [9.17, 15) is 9.59 Å². The summed E-state index contributed by atoms with van der Waals surface area (Å²) in [5, 5.41) is 13.7. The van der Waals surface area contributed by atoms with E-state index in [1.54, 1.807) is 35.0 Å². The molecule has 5 rings (SSSR count). The zero-order valence-electron chi connectivity index (χ0n) is 16.9. The first-order chi connectivity index (χ1) is 15.6. The number of rotatable bonds is 6. The number of H-pyrrole nitrogens is 1. The highest BCUT2D eigenvalue weighted by molar-refractivity contribution is 6.05. The maximum atomic E-state index is 12.6. The number of amides is 1. The summed E-state index contributed by atoms with van der Waals surface area (Å²) in [7, 11) is 0. The van der Waals surface area contributed by atoms with Crippen molar-refractivity contribution in [3.05, 3.63) is 90.8 Å². The lowest BCUT2D eigenvalue weighted by Gasteiger charge is -2.09. The minimum Gasteiger partial charge on any atom is -0.480 e. The van der Waals surface area contributed by atoms with Crippen molar-refractivity contribution < 1.29 is 19.4 Å². The third-order valence-corrected chi connectivity index (χ3v) is 5.19. The monoisotopic (exact) mass is 425 g/mol. The fourth-order valence-corrected chi connectivity index (χ4v) is 3.70.